The number of amides is 1. The lowest BCUT2D eigenvalue weighted by Crippen LogP contribution is -2.47. The summed E-state index contributed by atoms with van der Waals surface area (Å²) in [6.07, 6.45) is 2.58. The van der Waals surface area contributed by atoms with E-state index in [9.17, 15) is 9.90 Å². The second-order valence-corrected chi connectivity index (χ2v) is 4.48. The van der Waals surface area contributed by atoms with Crippen LogP contribution in [-0.2, 0) is 4.74 Å². The normalized spacial score (nSPS) is 18.9. The molecular formula is C12H17NO4. The van der Waals surface area contributed by atoms with Crippen LogP contribution in [-0.4, -0.2) is 48.3 Å². The molecule has 0 saturated carbocycles. The number of aliphatic hydroxyl groups is 1. The van der Waals surface area contributed by atoms with Crippen LogP contribution in [0.15, 0.2) is 22.8 Å². The molecule has 1 amide bonds. The molecule has 94 valence electrons. The number of carbonyl (C=O) groups is 1. The summed E-state index contributed by atoms with van der Waals surface area (Å²) >= 11 is 0. The van der Waals surface area contributed by atoms with Crippen LogP contribution < -0.4 is 0 Å². The molecule has 5 heteroatoms. The van der Waals surface area contributed by atoms with Crippen molar-refractivity contribution in [2.45, 2.75) is 18.4 Å². The van der Waals surface area contributed by atoms with Crippen LogP contribution in [0, 0.1) is 0 Å². The maximum Gasteiger partial charge on any atom is 0.289 e. The van der Waals surface area contributed by atoms with E-state index in [0.29, 0.717) is 38.4 Å². The molecule has 1 aliphatic rings. The lowest BCUT2D eigenvalue weighted by molar-refractivity contribution is -0.0736. The van der Waals surface area contributed by atoms with E-state index in [4.69, 9.17) is 9.15 Å². The number of likely N-dealkylation sites (N-methyl/N-ethyl adjacent to an activating group) is 1. The number of carbonyl (C=O) groups excluding carboxylic acids is 1. The summed E-state index contributed by atoms with van der Waals surface area (Å²) < 4.78 is 10.2. The van der Waals surface area contributed by atoms with Gasteiger partial charge in [0.1, 0.15) is 0 Å². The van der Waals surface area contributed by atoms with Crippen LogP contribution in [0.5, 0.6) is 0 Å². The van der Waals surface area contributed by atoms with Crippen LogP contribution in [0.4, 0.5) is 0 Å². The summed E-state index contributed by atoms with van der Waals surface area (Å²) in [5.74, 6) is 0.0816. The quantitative estimate of drug-likeness (QED) is 0.851. The zero-order chi connectivity index (χ0) is 12.3. The number of hydrogen-bond donors (Lipinski definition) is 1. The standard InChI is InChI=1S/C12H17NO4/c1-13(11(14)10-3-2-6-17-10)9-12(15)4-7-16-8-5-12/h2-3,6,15H,4-5,7-9H2,1H3. The molecule has 2 rings (SSSR count). The number of rotatable bonds is 3. The molecule has 1 aliphatic heterocycles. The molecule has 1 aromatic heterocycles. The molecule has 1 N–H and O–H groups in total. The predicted molar refractivity (Wildman–Crippen MR) is 60.7 cm³/mol. The van der Waals surface area contributed by atoms with Gasteiger partial charge in [-0.1, -0.05) is 0 Å². The highest BCUT2D eigenvalue weighted by atomic mass is 16.5. The van der Waals surface area contributed by atoms with Gasteiger partial charge in [-0.2, -0.15) is 0 Å². The van der Waals surface area contributed by atoms with Gasteiger partial charge in [-0.3, -0.25) is 4.79 Å². The van der Waals surface area contributed by atoms with Gasteiger partial charge in [-0.15, -0.1) is 0 Å². The topological polar surface area (TPSA) is 62.9 Å². The molecule has 0 unspecified atom stereocenters. The summed E-state index contributed by atoms with van der Waals surface area (Å²) in [7, 11) is 1.66. The fraction of sp³-hybridized carbons (Fsp3) is 0.583. The second kappa shape index (κ2) is 4.89. The zero-order valence-corrected chi connectivity index (χ0v) is 9.89. The van der Waals surface area contributed by atoms with Gasteiger partial charge >= 0.3 is 0 Å². The Balaban J connectivity index is 1.96. The Labute approximate surface area is 100.0 Å². The minimum absolute atomic E-state index is 0.213. The Morgan fingerprint density at radius 2 is 2.24 bits per heavy atom. The van der Waals surface area contributed by atoms with Crippen molar-refractivity contribution in [3.63, 3.8) is 0 Å². The Bertz CT molecular complexity index is 368. The molecule has 0 aromatic carbocycles. The van der Waals surface area contributed by atoms with Gasteiger partial charge < -0.3 is 19.2 Å². The molecular weight excluding hydrogens is 222 g/mol. The Kier molecular flexibility index (Phi) is 3.49. The van der Waals surface area contributed by atoms with Crippen molar-refractivity contribution >= 4 is 5.91 Å². The summed E-state index contributed by atoms with van der Waals surface area (Å²) in [5.41, 5.74) is -0.838. The van der Waals surface area contributed by atoms with Crippen LogP contribution >= 0.6 is 0 Å². The maximum absolute atomic E-state index is 11.9. The largest absolute Gasteiger partial charge is 0.459 e. The summed E-state index contributed by atoms with van der Waals surface area (Å²) in [4.78, 5) is 13.4. The van der Waals surface area contributed by atoms with Gasteiger partial charge in [0.15, 0.2) is 5.76 Å². The number of hydrogen-bond acceptors (Lipinski definition) is 4. The van der Waals surface area contributed by atoms with Crippen molar-refractivity contribution in [3.05, 3.63) is 24.2 Å². The third kappa shape index (κ3) is 2.87. The lowest BCUT2D eigenvalue weighted by atomic mass is 9.94. The van der Waals surface area contributed by atoms with E-state index in [1.807, 2.05) is 0 Å². The average molecular weight is 239 g/mol. The Morgan fingerprint density at radius 1 is 1.53 bits per heavy atom. The third-order valence-corrected chi connectivity index (χ3v) is 3.03. The third-order valence-electron chi connectivity index (χ3n) is 3.03. The summed E-state index contributed by atoms with van der Waals surface area (Å²) in [6.45, 7) is 1.38. The highest BCUT2D eigenvalue weighted by Crippen LogP contribution is 2.21. The van der Waals surface area contributed by atoms with Gasteiger partial charge in [0.05, 0.1) is 11.9 Å². The molecule has 0 bridgehead atoms. The van der Waals surface area contributed by atoms with Crippen molar-refractivity contribution in [2.24, 2.45) is 0 Å². The Morgan fingerprint density at radius 3 is 2.82 bits per heavy atom. The highest BCUT2D eigenvalue weighted by Gasteiger charge is 2.32. The van der Waals surface area contributed by atoms with E-state index in [-0.39, 0.29) is 5.91 Å². The van der Waals surface area contributed by atoms with Gasteiger partial charge in [0.25, 0.3) is 5.91 Å². The fourth-order valence-corrected chi connectivity index (χ4v) is 2.01. The van der Waals surface area contributed by atoms with Crippen molar-refractivity contribution in [1.82, 2.24) is 4.90 Å². The molecule has 0 spiro atoms. The first kappa shape index (κ1) is 12.1. The number of nitrogens with zero attached hydrogens (tertiary/aromatic N) is 1. The van der Waals surface area contributed by atoms with E-state index >= 15 is 0 Å². The van der Waals surface area contributed by atoms with Gasteiger partial charge in [-0.25, -0.2) is 0 Å². The molecule has 0 radical (unpaired) electrons. The van der Waals surface area contributed by atoms with Crippen LogP contribution in [0.1, 0.15) is 23.4 Å². The van der Waals surface area contributed by atoms with E-state index < -0.39 is 5.60 Å². The van der Waals surface area contributed by atoms with Crippen LogP contribution in [0.2, 0.25) is 0 Å². The van der Waals surface area contributed by atoms with E-state index in [2.05, 4.69) is 0 Å². The molecule has 0 aliphatic carbocycles. The minimum atomic E-state index is -0.838. The first-order chi connectivity index (χ1) is 8.11. The van der Waals surface area contributed by atoms with E-state index in [1.165, 1.54) is 11.2 Å². The monoisotopic (exact) mass is 239 g/mol. The minimum Gasteiger partial charge on any atom is -0.459 e. The second-order valence-electron chi connectivity index (χ2n) is 4.48. The predicted octanol–water partition coefficient (Wildman–Crippen LogP) is 0.893. The Hall–Kier alpha value is -1.33. The lowest BCUT2D eigenvalue weighted by Gasteiger charge is -2.35. The van der Waals surface area contributed by atoms with Gasteiger partial charge in [-0.05, 0) is 12.1 Å². The molecule has 2 heterocycles. The molecule has 1 fully saturated rings. The summed E-state index contributed by atoms with van der Waals surface area (Å²) in [6, 6.07) is 3.29. The molecule has 1 saturated heterocycles. The van der Waals surface area contributed by atoms with Crippen molar-refractivity contribution in [2.75, 3.05) is 26.8 Å². The van der Waals surface area contributed by atoms with Gasteiger partial charge in [0, 0.05) is 39.6 Å². The van der Waals surface area contributed by atoms with E-state index in [0.717, 1.165) is 0 Å². The molecule has 0 atom stereocenters. The summed E-state index contributed by atoms with van der Waals surface area (Å²) in [5, 5.41) is 10.3. The van der Waals surface area contributed by atoms with Crippen molar-refractivity contribution < 1.29 is 19.1 Å². The van der Waals surface area contributed by atoms with Crippen molar-refractivity contribution in [3.8, 4) is 0 Å². The SMILES string of the molecule is CN(CC1(O)CCOCC1)C(=O)c1ccco1. The molecule has 5 nitrogen and oxygen atoms in total. The van der Waals surface area contributed by atoms with E-state index in [1.54, 1.807) is 19.2 Å². The van der Waals surface area contributed by atoms with Crippen LogP contribution in [0.25, 0.3) is 0 Å². The van der Waals surface area contributed by atoms with Gasteiger partial charge in [0.2, 0.25) is 0 Å². The molecule has 1 aromatic rings. The molecule has 17 heavy (non-hydrogen) atoms. The first-order valence-corrected chi connectivity index (χ1v) is 5.70. The van der Waals surface area contributed by atoms with Crippen LogP contribution in [0.3, 0.4) is 0 Å². The smallest absolute Gasteiger partial charge is 0.289 e. The fourth-order valence-electron chi connectivity index (χ4n) is 2.01. The van der Waals surface area contributed by atoms with Crippen molar-refractivity contribution in [1.29, 1.82) is 0 Å². The number of ether oxygens (including phenoxy) is 1. The average Bonchev–Trinajstić information content (AvgIpc) is 2.81. The number of furan rings is 1. The highest BCUT2D eigenvalue weighted by molar-refractivity contribution is 5.91. The zero-order valence-electron chi connectivity index (χ0n) is 9.89. The maximum atomic E-state index is 11.9. The first-order valence-electron chi connectivity index (χ1n) is 5.70.